The summed E-state index contributed by atoms with van der Waals surface area (Å²) in [7, 11) is 0. The number of benzene rings is 6. The average Bonchev–Trinajstić information content (AvgIpc) is 3.71. The molecular formula is C37H22N2O2. The van der Waals surface area contributed by atoms with Crippen LogP contribution in [0.2, 0.25) is 0 Å². The standard InChI is InChI=1S/C37H22N2O2/c1-3-10-23(11-4-1)37-38-35-29-16-9-12-24-20-27(22-31(34(24)29)36(35)41-37)39(25-13-5-2-6-14-25)26-18-19-33-30(21-26)28-15-7-8-17-32(28)40-33/h1-22H. The number of hydrogen-bond acceptors (Lipinski definition) is 4. The number of fused-ring (bicyclic) bond motifs is 6. The molecule has 2 aromatic heterocycles. The van der Waals surface area contributed by atoms with Gasteiger partial charge in [-0.2, -0.15) is 0 Å². The zero-order chi connectivity index (χ0) is 26.9. The zero-order valence-electron chi connectivity index (χ0n) is 21.9. The first-order valence-corrected chi connectivity index (χ1v) is 13.7. The Bertz CT molecular complexity index is 2260. The second-order valence-corrected chi connectivity index (χ2v) is 10.4. The van der Waals surface area contributed by atoms with E-state index in [-0.39, 0.29) is 0 Å². The zero-order valence-corrected chi connectivity index (χ0v) is 21.9. The van der Waals surface area contributed by atoms with E-state index in [2.05, 4.69) is 89.8 Å². The Labute approximate surface area is 235 Å². The molecule has 8 aromatic rings. The summed E-state index contributed by atoms with van der Waals surface area (Å²) in [5.74, 6) is 1.46. The molecule has 0 bridgehead atoms. The molecule has 0 saturated carbocycles. The fourth-order valence-electron chi connectivity index (χ4n) is 6.18. The number of aromatic nitrogens is 1. The second-order valence-electron chi connectivity index (χ2n) is 10.4. The van der Waals surface area contributed by atoms with Crippen molar-refractivity contribution in [3.8, 4) is 34.0 Å². The van der Waals surface area contributed by atoms with Crippen LogP contribution in [0, 0.1) is 0 Å². The lowest BCUT2D eigenvalue weighted by Crippen LogP contribution is -2.10. The fourth-order valence-corrected chi connectivity index (χ4v) is 6.18. The summed E-state index contributed by atoms with van der Waals surface area (Å²) >= 11 is 0. The maximum atomic E-state index is 6.48. The molecule has 0 amide bonds. The molecule has 2 heterocycles. The van der Waals surface area contributed by atoms with Crippen molar-refractivity contribution in [2.45, 2.75) is 0 Å². The Kier molecular flexibility index (Phi) is 4.58. The Balaban J connectivity index is 1.27. The van der Waals surface area contributed by atoms with Gasteiger partial charge in [-0.15, -0.1) is 0 Å². The predicted octanol–water partition coefficient (Wildman–Crippen LogP) is 10.5. The molecule has 192 valence electrons. The Morgan fingerprint density at radius 1 is 0.512 bits per heavy atom. The molecule has 0 fully saturated rings. The Morgan fingerprint density at radius 2 is 1.29 bits per heavy atom. The van der Waals surface area contributed by atoms with E-state index < -0.39 is 0 Å². The minimum Gasteiger partial charge on any atom is -0.456 e. The maximum Gasteiger partial charge on any atom is 0.227 e. The lowest BCUT2D eigenvalue weighted by atomic mass is 10.0. The number of anilines is 3. The van der Waals surface area contributed by atoms with Gasteiger partial charge in [-0.05, 0) is 66.0 Å². The highest BCUT2D eigenvalue weighted by molar-refractivity contribution is 6.15. The summed E-state index contributed by atoms with van der Waals surface area (Å²) in [6, 6.07) is 46.1. The van der Waals surface area contributed by atoms with Gasteiger partial charge in [-0.25, -0.2) is 4.98 Å². The third-order valence-corrected chi connectivity index (χ3v) is 8.00. The molecule has 4 heteroatoms. The molecule has 0 N–H and O–H groups in total. The molecule has 0 radical (unpaired) electrons. The Morgan fingerprint density at radius 3 is 2.17 bits per heavy atom. The van der Waals surface area contributed by atoms with Crippen molar-refractivity contribution in [3.05, 3.63) is 133 Å². The molecule has 6 aromatic carbocycles. The largest absolute Gasteiger partial charge is 0.456 e. The third kappa shape index (κ3) is 3.31. The van der Waals surface area contributed by atoms with Gasteiger partial charge in [-0.3, -0.25) is 0 Å². The topological polar surface area (TPSA) is 42.4 Å². The van der Waals surface area contributed by atoms with Crippen LogP contribution in [0.25, 0.3) is 66.7 Å². The number of oxazole rings is 1. The highest BCUT2D eigenvalue weighted by atomic mass is 16.4. The van der Waals surface area contributed by atoms with Gasteiger partial charge in [0.15, 0.2) is 5.76 Å². The van der Waals surface area contributed by atoms with E-state index in [0.29, 0.717) is 5.89 Å². The van der Waals surface area contributed by atoms with Crippen molar-refractivity contribution >= 4 is 49.8 Å². The summed E-state index contributed by atoms with van der Waals surface area (Å²) in [5.41, 5.74) is 9.00. The molecule has 4 nitrogen and oxygen atoms in total. The molecule has 9 rings (SSSR count). The van der Waals surface area contributed by atoms with E-state index in [1.807, 2.05) is 48.5 Å². The molecule has 1 aliphatic rings. The number of nitrogens with zero attached hydrogens (tertiary/aromatic N) is 2. The Hall–Kier alpha value is -5.61. The van der Waals surface area contributed by atoms with Crippen LogP contribution in [0.1, 0.15) is 0 Å². The first-order chi connectivity index (χ1) is 20.3. The van der Waals surface area contributed by atoms with Crippen LogP contribution in [0.5, 0.6) is 0 Å². The molecule has 0 aliphatic heterocycles. The minimum atomic E-state index is 0.640. The van der Waals surface area contributed by atoms with E-state index >= 15 is 0 Å². The summed E-state index contributed by atoms with van der Waals surface area (Å²) in [6.45, 7) is 0. The van der Waals surface area contributed by atoms with Crippen LogP contribution in [-0.2, 0) is 0 Å². The van der Waals surface area contributed by atoms with Gasteiger partial charge in [0.2, 0.25) is 5.89 Å². The van der Waals surface area contributed by atoms with Crippen LogP contribution in [0.3, 0.4) is 0 Å². The van der Waals surface area contributed by atoms with Gasteiger partial charge in [0, 0.05) is 49.9 Å². The molecule has 0 spiro atoms. The smallest absolute Gasteiger partial charge is 0.227 e. The van der Waals surface area contributed by atoms with Crippen molar-refractivity contribution in [2.75, 3.05) is 4.90 Å². The minimum absolute atomic E-state index is 0.640. The van der Waals surface area contributed by atoms with Crippen molar-refractivity contribution in [3.63, 3.8) is 0 Å². The quantitative estimate of drug-likeness (QED) is 0.229. The highest BCUT2D eigenvalue weighted by Gasteiger charge is 2.29. The van der Waals surface area contributed by atoms with E-state index in [4.69, 9.17) is 13.8 Å². The van der Waals surface area contributed by atoms with Gasteiger partial charge in [-0.1, -0.05) is 72.8 Å². The van der Waals surface area contributed by atoms with E-state index in [1.165, 1.54) is 5.39 Å². The van der Waals surface area contributed by atoms with Crippen LogP contribution < -0.4 is 4.90 Å². The van der Waals surface area contributed by atoms with Crippen LogP contribution in [0.15, 0.2) is 142 Å². The lowest BCUT2D eigenvalue weighted by molar-refractivity contribution is 0.590. The maximum absolute atomic E-state index is 6.48. The first-order valence-electron chi connectivity index (χ1n) is 13.7. The number of hydrogen-bond donors (Lipinski definition) is 0. The molecule has 0 atom stereocenters. The molecule has 0 unspecified atom stereocenters. The molecular weight excluding hydrogens is 504 g/mol. The fraction of sp³-hybridized carbons (Fsp3) is 0. The molecule has 41 heavy (non-hydrogen) atoms. The van der Waals surface area contributed by atoms with Gasteiger partial charge in [0.25, 0.3) is 0 Å². The third-order valence-electron chi connectivity index (χ3n) is 8.00. The lowest BCUT2D eigenvalue weighted by Gasteiger charge is -2.26. The van der Waals surface area contributed by atoms with Crippen molar-refractivity contribution < 1.29 is 8.83 Å². The van der Waals surface area contributed by atoms with E-state index in [1.54, 1.807) is 0 Å². The summed E-state index contributed by atoms with van der Waals surface area (Å²) < 4.78 is 12.6. The number of furan rings is 1. The average molecular weight is 527 g/mol. The van der Waals surface area contributed by atoms with E-state index in [0.717, 1.165) is 72.5 Å². The predicted molar refractivity (Wildman–Crippen MR) is 166 cm³/mol. The second kappa shape index (κ2) is 8.44. The summed E-state index contributed by atoms with van der Waals surface area (Å²) in [5, 5.41) is 4.54. The van der Waals surface area contributed by atoms with Gasteiger partial charge >= 0.3 is 0 Å². The number of para-hydroxylation sites is 2. The van der Waals surface area contributed by atoms with Crippen LogP contribution in [-0.4, -0.2) is 4.98 Å². The van der Waals surface area contributed by atoms with E-state index in [9.17, 15) is 0 Å². The van der Waals surface area contributed by atoms with Gasteiger partial charge in [0.05, 0.1) is 0 Å². The first kappa shape index (κ1) is 22.2. The normalized spacial score (nSPS) is 11.9. The number of rotatable bonds is 4. The molecule has 0 saturated heterocycles. The van der Waals surface area contributed by atoms with Crippen molar-refractivity contribution in [1.29, 1.82) is 0 Å². The summed E-state index contributed by atoms with van der Waals surface area (Å²) in [6.07, 6.45) is 0. The summed E-state index contributed by atoms with van der Waals surface area (Å²) in [4.78, 5) is 7.26. The van der Waals surface area contributed by atoms with Crippen LogP contribution in [0.4, 0.5) is 17.1 Å². The van der Waals surface area contributed by atoms with Gasteiger partial charge in [0.1, 0.15) is 16.9 Å². The highest BCUT2D eigenvalue weighted by Crippen LogP contribution is 2.51. The van der Waals surface area contributed by atoms with Crippen molar-refractivity contribution in [2.24, 2.45) is 0 Å². The monoisotopic (exact) mass is 526 g/mol. The molecule has 1 aliphatic carbocycles. The van der Waals surface area contributed by atoms with Gasteiger partial charge < -0.3 is 13.7 Å². The SMILES string of the molecule is c1ccc(-c2nc3c(o2)-c2cc(N(c4ccccc4)c4ccc5oc6ccccc6c5c4)cc4cccc-3c24)cc1. The van der Waals surface area contributed by atoms with Crippen molar-refractivity contribution in [1.82, 2.24) is 4.98 Å². The van der Waals surface area contributed by atoms with Crippen LogP contribution >= 0.6 is 0 Å².